The average Bonchev–Trinajstić information content (AvgIpc) is 2.75. The topological polar surface area (TPSA) is 38.3 Å². The molecular formula is C26H41NO2. The summed E-state index contributed by atoms with van der Waals surface area (Å²) in [6.07, 6.45) is 23.1. The van der Waals surface area contributed by atoms with Crippen molar-refractivity contribution in [2.24, 2.45) is 0 Å². The molecule has 1 amide bonds. The van der Waals surface area contributed by atoms with Crippen LogP contribution in [0.3, 0.4) is 0 Å². The van der Waals surface area contributed by atoms with E-state index in [4.69, 9.17) is 4.74 Å². The van der Waals surface area contributed by atoms with Gasteiger partial charge in [-0.2, -0.15) is 0 Å². The van der Waals surface area contributed by atoms with E-state index in [-0.39, 0.29) is 5.91 Å². The van der Waals surface area contributed by atoms with Crippen LogP contribution in [0, 0.1) is 0 Å². The zero-order valence-corrected chi connectivity index (χ0v) is 18.6. The van der Waals surface area contributed by atoms with Crippen molar-refractivity contribution in [3.8, 4) is 5.75 Å². The molecule has 0 saturated carbocycles. The smallest absolute Gasteiger partial charge is 0.220 e. The Hall–Kier alpha value is -2.03. The van der Waals surface area contributed by atoms with Crippen molar-refractivity contribution < 1.29 is 9.53 Å². The summed E-state index contributed by atoms with van der Waals surface area (Å²) in [6.45, 7) is 2.81. The molecule has 1 N–H and O–H groups in total. The van der Waals surface area contributed by atoms with Gasteiger partial charge in [-0.3, -0.25) is 4.79 Å². The second kappa shape index (κ2) is 18.0. The third kappa shape index (κ3) is 14.6. The highest BCUT2D eigenvalue weighted by Gasteiger charge is 2.02. The predicted octanol–water partition coefficient (Wildman–Crippen LogP) is 7.12. The Kier molecular flexibility index (Phi) is 15.5. The van der Waals surface area contributed by atoms with Crippen LogP contribution in [0.15, 0.2) is 48.6 Å². The highest BCUT2D eigenvalue weighted by Crippen LogP contribution is 2.12. The van der Waals surface area contributed by atoms with E-state index in [1.165, 1.54) is 51.4 Å². The molecule has 0 aliphatic carbocycles. The molecule has 0 aromatic heterocycles. The molecule has 1 rings (SSSR count). The minimum absolute atomic E-state index is 0.138. The van der Waals surface area contributed by atoms with E-state index in [2.05, 4.69) is 36.5 Å². The molecule has 0 aliphatic rings. The van der Waals surface area contributed by atoms with Gasteiger partial charge in [-0.1, -0.05) is 75.5 Å². The molecule has 0 unspecified atom stereocenters. The van der Waals surface area contributed by atoms with Gasteiger partial charge in [0.1, 0.15) is 5.75 Å². The third-order valence-corrected chi connectivity index (χ3v) is 4.98. The summed E-state index contributed by atoms with van der Waals surface area (Å²) < 4.78 is 5.20. The van der Waals surface area contributed by atoms with Gasteiger partial charge in [-0.05, 0) is 56.2 Å². The van der Waals surface area contributed by atoms with Gasteiger partial charge in [0.25, 0.3) is 0 Å². The summed E-state index contributed by atoms with van der Waals surface area (Å²) in [5, 5.41) is 2.99. The summed E-state index contributed by atoms with van der Waals surface area (Å²) in [4.78, 5) is 11.9. The second-order valence-electron chi connectivity index (χ2n) is 7.61. The predicted molar refractivity (Wildman–Crippen MR) is 124 cm³/mol. The maximum atomic E-state index is 11.9. The lowest BCUT2D eigenvalue weighted by atomic mass is 10.1. The number of allylic oxidation sites excluding steroid dienone is 4. The van der Waals surface area contributed by atoms with Gasteiger partial charge in [0.15, 0.2) is 0 Å². The van der Waals surface area contributed by atoms with E-state index in [1.807, 2.05) is 24.3 Å². The molecular weight excluding hydrogens is 358 g/mol. The van der Waals surface area contributed by atoms with Crippen molar-refractivity contribution in [2.75, 3.05) is 7.11 Å². The first-order valence-corrected chi connectivity index (χ1v) is 11.5. The average molecular weight is 400 g/mol. The van der Waals surface area contributed by atoms with Crippen molar-refractivity contribution >= 4 is 5.91 Å². The van der Waals surface area contributed by atoms with Crippen LogP contribution < -0.4 is 10.1 Å². The molecule has 3 heteroatoms. The van der Waals surface area contributed by atoms with Gasteiger partial charge in [-0.25, -0.2) is 0 Å². The van der Waals surface area contributed by atoms with Crippen LogP contribution in [-0.2, 0) is 11.3 Å². The molecule has 0 radical (unpaired) electrons. The molecule has 0 atom stereocenters. The molecule has 1 aromatic rings. The van der Waals surface area contributed by atoms with Crippen molar-refractivity contribution in [1.82, 2.24) is 5.32 Å². The number of benzene rings is 1. The van der Waals surface area contributed by atoms with Crippen molar-refractivity contribution in [3.05, 3.63) is 54.1 Å². The summed E-state index contributed by atoms with van der Waals surface area (Å²) in [5.41, 5.74) is 1.07. The third-order valence-electron chi connectivity index (χ3n) is 4.98. The molecule has 162 valence electrons. The molecule has 0 spiro atoms. The van der Waals surface area contributed by atoms with E-state index >= 15 is 0 Å². The molecule has 0 fully saturated rings. The van der Waals surface area contributed by atoms with Crippen LogP contribution in [0.25, 0.3) is 0 Å². The van der Waals surface area contributed by atoms with Crippen LogP contribution in [0.1, 0.15) is 89.5 Å². The lowest BCUT2D eigenvalue weighted by molar-refractivity contribution is -0.121. The van der Waals surface area contributed by atoms with Crippen LogP contribution in [0.2, 0.25) is 0 Å². The minimum Gasteiger partial charge on any atom is -0.497 e. The van der Waals surface area contributed by atoms with E-state index in [0.717, 1.165) is 30.6 Å². The number of methoxy groups -OCH3 is 1. The van der Waals surface area contributed by atoms with Crippen LogP contribution >= 0.6 is 0 Å². The first-order chi connectivity index (χ1) is 14.3. The molecule has 0 heterocycles. The van der Waals surface area contributed by atoms with Crippen LogP contribution in [0.4, 0.5) is 0 Å². The Morgan fingerprint density at radius 2 is 1.62 bits per heavy atom. The summed E-state index contributed by atoms with van der Waals surface area (Å²) in [7, 11) is 1.65. The number of rotatable bonds is 17. The monoisotopic (exact) mass is 399 g/mol. The maximum Gasteiger partial charge on any atom is 0.220 e. The molecule has 1 aromatic carbocycles. The Bertz CT molecular complexity index is 592. The quantitative estimate of drug-likeness (QED) is 0.224. The Balaban J connectivity index is 1.92. The number of hydrogen-bond donors (Lipinski definition) is 1. The maximum absolute atomic E-state index is 11.9. The van der Waals surface area contributed by atoms with Crippen LogP contribution in [-0.4, -0.2) is 13.0 Å². The van der Waals surface area contributed by atoms with Gasteiger partial charge >= 0.3 is 0 Å². The fraction of sp³-hybridized carbons (Fsp3) is 0.577. The highest BCUT2D eigenvalue weighted by atomic mass is 16.5. The lowest BCUT2D eigenvalue weighted by Gasteiger charge is -2.07. The van der Waals surface area contributed by atoms with Crippen molar-refractivity contribution in [2.45, 2.75) is 90.5 Å². The Labute approximate surface area is 178 Å². The van der Waals surface area contributed by atoms with Gasteiger partial charge in [0, 0.05) is 13.0 Å². The number of unbranched alkanes of at least 4 members (excludes halogenated alkanes) is 8. The fourth-order valence-corrected chi connectivity index (χ4v) is 3.17. The largest absolute Gasteiger partial charge is 0.497 e. The van der Waals surface area contributed by atoms with Gasteiger partial charge in [-0.15, -0.1) is 0 Å². The number of ether oxygens (including phenoxy) is 1. The molecule has 0 aliphatic heterocycles. The first-order valence-electron chi connectivity index (χ1n) is 11.5. The fourth-order valence-electron chi connectivity index (χ4n) is 3.17. The second-order valence-corrected chi connectivity index (χ2v) is 7.61. The van der Waals surface area contributed by atoms with Crippen molar-refractivity contribution in [1.29, 1.82) is 0 Å². The van der Waals surface area contributed by atoms with E-state index < -0.39 is 0 Å². The zero-order valence-electron chi connectivity index (χ0n) is 18.6. The van der Waals surface area contributed by atoms with Gasteiger partial charge in [0.05, 0.1) is 7.11 Å². The zero-order chi connectivity index (χ0) is 21.0. The van der Waals surface area contributed by atoms with Crippen molar-refractivity contribution in [3.63, 3.8) is 0 Å². The molecule has 0 saturated heterocycles. The number of nitrogens with one attached hydrogen (secondary N) is 1. The van der Waals surface area contributed by atoms with E-state index in [9.17, 15) is 4.79 Å². The summed E-state index contributed by atoms with van der Waals surface area (Å²) in [5.74, 6) is 0.962. The standard InChI is InChI=1S/C26H41NO2/c1-3-4-5-6-7-8-9-10-11-12-13-14-15-16-17-21-26(28)27-23-24-19-18-20-25(22-24)29-2/h7-8,10-11,18-20,22H,3-6,9,12-17,21,23H2,1-2H3,(H,27,28)/b8-7+,11-10+. The lowest BCUT2D eigenvalue weighted by Crippen LogP contribution is -2.22. The normalized spacial score (nSPS) is 11.4. The SMILES string of the molecule is CCCCC/C=C/C/C=C/CCCCCCCC(=O)NCc1cccc(OC)c1. The Morgan fingerprint density at radius 3 is 2.34 bits per heavy atom. The first kappa shape index (κ1) is 25.0. The van der Waals surface area contributed by atoms with E-state index in [0.29, 0.717) is 13.0 Å². The Morgan fingerprint density at radius 1 is 0.931 bits per heavy atom. The van der Waals surface area contributed by atoms with Gasteiger partial charge in [0.2, 0.25) is 5.91 Å². The highest BCUT2D eigenvalue weighted by molar-refractivity contribution is 5.75. The summed E-state index contributed by atoms with van der Waals surface area (Å²) >= 11 is 0. The number of hydrogen-bond acceptors (Lipinski definition) is 2. The molecule has 0 bridgehead atoms. The number of carbonyl (C=O) groups is 1. The number of carbonyl (C=O) groups excluding carboxylic acids is 1. The minimum atomic E-state index is 0.138. The van der Waals surface area contributed by atoms with E-state index in [1.54, 1.807) is 7.11 Å². The van der Waals surface area contributed by atoms with Crippen LogP contribution in [0.5, 0.6) is 5.75 Å². The number of amides is 1. The molecule has 3 nitrogen and oxygen atoms in total. The van der Waals surface area contributed by atoms with Gasteiger partial charge < -0.3 is 10.1 Å². The molecule has 29 heavy (non-hydrogen) atoms. The summed E-state index contributed by atoms with van der Waals surface area (Å²) in [6, 6.07) is 7.81.